The molecule has 0 aliphatic carbocycles. The molecule has 1 aromatic heterocycles. The largest absolute Gasteiger partial charge is 0.366 e. The van der Waals surface area contributed by atoms with Gasteiger partial charge in [-0.25, -0.2) is 4.39 Å². The molecular formula is C7H5ClFN5. The van der Waals surface area contributed by atoms with E-state index >= 15 is 0 Å². The Bertz CT molecular complexity index is 469. The van der Waals surface area contributed by atoms with Gasteiger partial charge in [-0.1, -0.05) is 22.8 Å². The van der Waals surface area contributed by atoms with Crippen molar-refractivity contribution in [2.24, 2.45) is 0 Å². The molecule has 0 radical (unpaired) electrons. The lowest BCUT2D eigenvalue weighted by Gasteiger charge is -2.03. The van der Waals surface area contributed by atoms with Crippen LogP contribution in [0, 0.1) is 5.82 Å². The molecule has 14 heavy (non-hydrogen) atoms. The van der Waals surface area contributed by atoms with E-state index < -0.39 is 5.82 Å². The van der Waals surface area contributed by atoms with Crippen LogP contribution in [0.4, 0.5) is 10.3 Å². The molecule has 0 unspecified atom stereocenters. The molecule has 0 bridgehead atoms. The minimum atomic E-state index is -0.543. The van der Waals surface area contributed by atoms with E-state index in [1.807, 2.05) is 0 Å². The first-order valence-corrected chi connectivity index (χ1v) is 4.06. The van der Waals surface area contributed by atoms with E-state index in [4.69, 9.17) is 17.3 Å². The molecule has 2 N–H and O–H groups in total. The number of hydrogen-bond acceptors (Lipinski definition) is 4. The Kier molecular flexibility index (Phi) is 2.05. The van der Waals surface area contributed by atoms with Gasteiger partial charge in [0.1, 0.15) is 10.8 Å². The second kappa shape index (κ2) is 3.22. The van der Waals surface area contributed by atoms with Crippen molar-refractivity contribution < 1.29 is 4.39 Å². The molecule has 7 heteroatoms. The average molecular weight is 214 g/mol. The Hall–Kier alpha value is -1.69. The number of nitrogens with two attached hydrogens (primary N) is 1. The van der Waals surface area contributed by atoms with Gasteiger partial charge >= 0.3 is 0 Å². The van der Waals surface area contributed by atoms with Crippen LogP contribution in [0.15, 0.2) is 18.2 Å². The van der Waals surface area contributed by atoms with E-state index in [1.54, 1.807) is 6.07 Å². The highest BCUT2D eigenvalue weighted by Crippen LogP contribution is 2.23. The van der Waals surface area contributed by atoms with Gasteiger partial charge < -0.3 is 5.73 Å². The fourth-order valence-corrected chi connectivity index (χ4v) is 1.23. The fraction of sp³-hybridized carbons (Fsp3) is 0. The van der Waals surface area contributed by atoms with Gasteiger partial charge in [0.25, 0.3) is 0 Å². The summed E-state index contributed by atoms with van der Waals surface area (Å²) in [5, 5.41) is 10.3. The van der Waals surface area contributed by atoms with E-state index in [-0.39, 0.29) is 11.0 Å². The van der Waals surface area contributed by atoms with E-state index in [2.05, 4.69) is 15.5 Å². The van der Waals surface area contributed by atoms with E-state index in [9.17, 15) is 4.39 Å². The topological polar surface area (TPSA) is 69.6 Å². The second-order valence-corrected chi connectivity index (χ2v) is 2.90. The highest BCUT2D eigenvalue weighted by atomic mass is 35.5. The van der Waals surface area contributed by atoms with Gasteiger partial charge in [-0.15, -0.1) is 0 Å². The minimum absolute atomic E-state index is 0.0532. The molecule has 72 valence electrons. The third-order valence-electron chi connectivity index (χ3n) is 1.65. The number of nitrogens with zero attached hydrogens (tertiary/aromatic N) is 4. The lowest BCUT2D eigenvalue weighted by Crippen LogP contribution is -2.03. The number of rotatable bonds is 1. The van der Waals surface area contributed by atoms with Crippen molar-refractivity contribution in [1.29, 1.82) is 0 Å². The monoisotopic (exact) mass is 213 g/mol. The molecule has 2 rings (SSSR count). The molecule has 0 aliphatic rings. The SMILES string of the molecule is Nc1nnnn1-c1cccc(F)c1Cl. The molecule has 1 heterocycles. The lowest BCUT2D eigenvalue weighted by atomic mass is 10.3. The minimum Gasteiger partial charge on any atom is -0.366 e. The summed E-state index contributed by atoms with van der Waals surface area (Å²) in [4.78, 5) is 0. The number of benzene rings is 1. The fourth-order valence-electron chi connectivity index (χ4n) is 1.02. The van der Waals surface area contributed by atoms with Gasteiger partial charge in [0, 0.05) is 0 Å². The van der Waals surface area contributed by atoms with Crippen LogP contribution in [0.5, 0.6) is 0 Å². The summed E-state index contributed by atoms with van der Waals surface area (Å²) in [5.74, 6) is -0.489. The average Bonchev–Trinajstić information content (AvgIpc) is 2.57. The van der Waals surface area contributed by atoms with Gasteiger partial charge in [-0.3, -0.25) is 0 Å². The summed E-state index contributed by atoms with van der Waals surface area (Å²) in [6.45, 7) is 0. The first kappa shape index (κ1) is 8.89. The van der Waals surface area contributed by atoms with Crippen LogP contribution in [0.25, 0.3) is 5.69 Å². The van der Waals surface area contributed by atoms with Crippen molar-refractivity contribution in [3.05, 3.63) is 29.0 Å². The summed E-state index contributed by atoms with van der Waals surface area (Å²) < 4.78 is 14.2. The summed E-state index contributed by atoms with van der Waals surface area (Å²) in [7, 11) is 0. The first-order valence-electron chi connectivity index (χ1n) is 3.68. The summed E-state index contributed by atoms with van der Waals surface area (Å²) in [6, 6.07) is 4.31. The van der Waals surface area contributed by atoms with Crippen LogP contribution < -0.4 is 5.73 Å². The number of anilines is 1. The van der Waals surface area contributed by atoms with Gasteiger partial charge in [0.05, 0.1) is 5.69 Å². The maximum absolute atomic E-state index is 13.0. The Morgan fingerprint density at radius 2 is 2.21 bits per heavy atom. The summed E-state index contributed by atoms with van der Waals surface area (Å²) in [6.07, 6.45) is 0. The smallest absolute Gasteiger partial charge is 0.245 e. The van der Waals surface area contributed by atoms with Crippen molar-refractivity contribution in [3.8, 4) is 5.69 Å². The van der Waals surface area contributed by atoms with Gasteiger partial charge in [-0.2, -0.15) is 4.68 Å². The first-order chi connectivity index (χ1) is 6.70. The summed E-state index contributed by atoms with van der Waals surface area (Å²) in [5.41, 5.74) is 5.75. The van der Waals surface area contributed by atoms with E-state index in [1.165, 1.54) is 12.1 Å². The molecule has 0 amide bonds. The Morgan fingerprint density at radius 1 is 1.43 bits per heavy atom. The quantitative estimate of drug-likeness (QED) is 0.768. The number of nitrogen functional groups attached to an aromatic ring is 1. The highest BCUT2D eigenvalue weighted by Gasteiger charge is 2.11. The van der Waals surface area contributed by atoms with Crippen LogP contribution >= 0.6 is 11.6 Å². The Balaban J connectivity index is 2.63. The number of hydrogen-bond donors (Lipinski definition) is 1. The number of tetrazole rings is 1. The van der Waals surface area contributed by atoms with Gasteiger partial charge in [-0.05, 0) is 22.6 Å². The number of aromatic nitrogens is 4. The molecule has 2 aromatic rings. The van der Waals surface area contributed by atoms with Crippen molar-refractivity contribution in [3.63, 3.8) is 0 Å². The third-order valence-corrected chi connectivity index (χ3v) is 2.03. The normalized spacial score (nSPS) is 10.4. The molecule has 0 fully saturated rings. The van der Waals surface area contributed by atoms with Crippen LogP contribution in [0.1, 0.15) is 0 Å². The zero-order valence-corrected chi connectivity index (χ0v) is 7.61. The molecule has 0 saturated heterocycles. The molecular weight excluding hydrogens is 209 g/mol. The van der Waals surface area contributed by atoms with Crippen molar-refractivity contribution in [1.82, 2.24) is 20.2 Å². The summed E-state index contributed by atoms with van der Waals surface area (Å²) >= 11 is 5.71. The molecule has 5 nitrogen and oxygen atoms in total. The molecule has 0 atom stereocenters. The second-order valence-electron chi connectivity index (χ2n) is 2.52. The molecule has 0 spiro atoms. The molecule has 0 saturated carbocycles. The molecule has 1 aromatic carbocycles. The van der Waals surface area contributed by atoms with Gasteiger partial charge in [0.2, 0.25) is 5.95 Å². The van der Waals surface area contributed by atoms with Crippen molar-refractivity contribution >= 4 is 17.5 Å². The van der Waals surface area contributed by atoms with Crippen LogP contribution in [-0.2, 0) is 0 Å². The highest BCUT2D eigenvalue weighted by molar-refractivity contribution is 6.32. The predicted molar refractivity (Wildman–Crippen MR) is 48.5 cm³/mol. The van der Waals surface area contributed by atoms with Crippen LogP contribution in [0.2, 0.25) is 5.02 Å². The lowest BCUT2D eigenvalue weighted by molar-refractivity contribution is 0.625. The predicted octanol–water partition coefficient (Wildman–Crippen LogP) is 1.04. The van der Waals surface area contributed by atoms with E-state index in [0.717, 1.165) is 4.68 Å². The zero-order chi connectivity index (χ0) is 10.1. The maximum atomic E-state index is 13.0. The third kappa shape index (κ3) is 1.29. The standard InChI is InChI=1S/C7H5ClFN5/c8-6-4(9)2-1-3-5(6)14-7(10)11-12-13-14/h1-3H,(H2,10,11,13). The Morgan fingerprint density at radius 3 is 2.86 bits per heavy atom. The van der Waals surface area contributed by atoms with Crippen molar-refractivity contribution in [2.75, 3.05) is 5.73 Å². The van der Waals surface area contributed by atoms with Crippen molar-refractivity contribution in [2.45, 2.75) is 0 Å². The van der Waals surface area contributed by atoms with E-state index in [0.29, 0.717) is 5.69 Å². The van der Waals surface area contributed by atoms with Crippen LogP contribution in [0.3, 0.4) is 0 Å². The maximum Gasteiger partial charge on any atom is 0.245 e. The Labute approximate surface area is 83.3 Å². The van der Waals surface area contributed by atoms with Crippen LogP contribution in [-0.4, -0.2) is 20.2 Å². The van der Waals surface area contributed by atoms with Gasteiger partial charge in [0.15, 0.2) is 0 Å². The zero-order valence-electron chi connectivity index (χ0n) is 6.85. The molecule has 0 aliphatic heterocycles. The number of halogens is 2.